The lowest BCUT2D eigenvalue weighted by atomic mass is 9.94. The number of hydrogen-bond donors (Lipinski definition) is 1. The molecule has 1 unspecified atom stereocenters. The molecular formula is C14H33NO4S. The van der Waals surface area contributed by atoms with Crippen molar-refractivity contribution in [3.05, 3.63) is 0 Å². The van der Waals surface area contributed by atoms with Gasteiger partial charge in [-0.05, 0) is 25.7 Å². The zero-order valence-electron chi connectivity index (χ0n) is 13.6. The Kier molecular flexibility index (Phi) is 16.8. The minimum absolute atomic E-state index is 0.243. The fraction of sp³-hybridized carbons (Fsp3) is 1.00. The van der Waals surface area contributed by atoms with Gasteiger partial charge in [0.05, 0.1) is 23.2 Å². The van der Waals surface area contributed by atoms with E-state index in [1.807, 2.05) is 0 Å². The molecule has 1 saturated heterocycles. The standard InChI is InChI=1S/C9H19N.C3H8O3S.C2H6O/c1-2-3-5-9-6-4-7-10-8-9;1-2-3-7(4,5)6;1-3-2/h9-10H,2-8H2,1H3;2-3H2,1H3,(H,4,5,6);1-2H3. The van der Waals surface area contributed by atoms with E-state index >= 15 is 0 Å². The molecule has 1 rings (SSSR count). The SMILES string of the molecule is CCCCC1CCC[NH2+]C1.CCCS(=O)(=O)[O-].COC. The van der Waals surface area contributed by atoms with Gasteiger partial charge in [0, 0.05) is 25.9 Å². The zero-order chi connectivity index (χ0) is 15.9. The van der Waals surface area contributed by atoms with E-state index in [0.717, 1.165) is 5.92 Å². The van der Waals surface area contributed by atoms with Crippen molar-refractivity contribution in [2.75, 3.05) is 33.1 Å². The van der Waals surface area contributed by atoms with E-state index in [4.69, 9.17) is 0 Å². The van der Waals surface area contributed by atoms with Gasteiger partial charge in [0.1, 0.15) is 0 Å². The van der Waals surface area contributed by atoms with Gasteiger partial charge in [-0.1, -0.05) is 26.7 Å². The van der Waals surface area contributed by atoms with Gasteiger partial charge in [-0.2, -0.15) is 0 Å². The third kappa shape index (κ3) is 20.2. The van der Waals surface area contributed by atoms with Crippen molar-refractivity contribution in [2.24, 2.45) is 5.92 Å². The Bertz CT molecular complexity index is 275. The van der Waals surface area contributed by atoms with Gasteiger partial charge in [0.25, 0.3) is 0 Å². The Hall–Kier alpha value is -0.170. The maximum absolute atomic E-state index is 9.68. The van der Waals surface area contributed by atoms with E-state index < -0.39 is 10.1 Å². The quantitative estimate of drug-likeness (QED) is 0.777. The molecule has 0 saturated carbocycles. The molecule has 20 heavy (non-hydrogen) atoms. The van der Waals surface area contributed by atoms with Crippen molar-refractivity contribution in [2.45, 2.75) is 52.4 Å². The molecule has 1 aliphatic heterocycles. The molecule has 0 amide bonds. The molecule has 0 aromatic carbocycles. The van der Waals surface area contributed by atoms with Crippen LogP contribution in [-0.2, 0) is 14.9 Å². The van der Waals surface area contributed by atoms with Crippen molar-refractivity contribution in [1.82, 2.24) is 0 Å². The maximum Gasteiger partial charge on any atom is 0.0945 e. The molecule has 0 radical (unpaired) electrons. The van der Waals surface area contributed by atoms with Gasteiger partial charge < -0.3 is 14.6 Å². The summed E-state index contributed by atoms with van der Waals surface area (Å²) in [6.45, 7) is 6.71. The van der Waals surface area contributed by atoms with E-state index in [-0.39, 0.29) is 5.75 Å². The fourth-order valence-corrected chi connectivity index (χ4v) is 2.53. The first-order valence-electron chi connectivity index (χ1n) is 7.56. The van der Waals surface area contributed by atoms with Gasteiger partial charge in [-0.3, -0.25) is 0 Å². The Morgan fingerprint density at radius 3 is 2.15 bits per heavy atom. The van der Waals surface area contributed by atoms with Gasteiger partial charge in [0.15, 0.2) is 0 Å². The van der Waals surface area contributed by atoms with Crippen LogP contribution in [0.3, 0.4) is 0 Å². The summed E-state index contributed by atoms with van der Waals surface area (Å²) in [6, 6.07) is 0. The summed E-state index contributed by atoms with van der Waals surface area (Å²) >= 11 is 0. The van der Waals surface area contributed by atoms with Crippen molar-refractivity contribution in [1.29, 1.82) is 0 Å². The summed E-state index contributed by atoms with van der Waals surface area (Å²) in [7, 11) is -0.674. The summed E-state index contributed by atoms with van der Waals surface area (Å²) in [6.07, 6.45) is 7.65. The highest BCUT2D eigenvalue weighted by atomic mass is 32.2. The molecule has 1 atom stereocenters. The average Bonchev–Trinajstić information content (AvgIpc) is 2.38. The van der Waals surface area contributed by atoms with Crippen molar-refractivity contribution < 1.29 is 23.0 Å². The highest BCUT2D eigenvalue weighted by molar-refractivity contribution is 7.85. The minimum atomic E-state index is -3.92. The molecule has 0 aromatic heterocycles. The fourth-order valence-electron chi connectivity index (χ4n) is 2.03. The number of unbranched alkanes of at least 4 members (excludes halogenated alkanes) is 1. The summed E-state index contributed by atoms with van der Waals surface area (Å²) in [5.74, 6) is 0.807. The first-order chi connectivity index (χ1) is 9.41. The molecule has 0 aliphatic carbocycles. The highest BCUT2D eigenvalue weighted by Crippen LogP contribution is 2.13. The molecule has 1 aliphatic rings. The molecule has 0 aromatic rings. The van der Waals surface area contributed by atoms with Crippen LogP contribution in [0.15, 0.2) is 0 Å². The summed E-state index contributed by atoms with van der Waals surface area (Å²) in [5, 5.41) is 2.48. The number of ether oxygens (including phenoxy) is 1. The normalized spacial score (nSPS) is 18.4. The Labute approximate surface area is 125 Å². The van der Waals surface area contributed by atoms with Crippen molar-refractivity contribution in [3.8, 4) is 0 Å². The van der Waals surface area contributed by atoms with Crippen LogP contribution >= 0.6 is 0 Å². The molecule has 2 N–H and O–H groups in total. The number of rotatable bonds is 5. The van der Waals surface area contributed by atoms with Crippen LogP contribution in [-0.4, -0.2) is 46.0 Å². The van der Waals surface area contributed by atoms with Gasteiger partial charge >= 0.3 is 0 Å². The molecule has 0 spiro atoms. The molecule has 6 heteroatoms. The molecule has 0 bridgehead atoms. The number of piperidine rings is 1. The lowest BCUT2D eigenvalue weighted by Gasteiger charge is -2.19. The number of quaternary nitrogens is 1. The smallest absolute Gasteiger partial charge is 0.0945 e. The second kappa shape index (κ2) is 15.2. The molecule has 1 heterocycles. The van der Waals surface area contributed by atoms with Crippen molar-refractivity contribution in [3.63, 3.8) is 0 Å². The monoisotopic (exact) mass is 311 g/mol. The minimum Gasteiger partial charge on any atom is -0.748 e. The Morgan fingerprint density at radius 2 is 1.85 bits per heavy atom. The predicted molar refractivity (Wildman–Crippen MR) is 81.7 cm³/mol. The zero-order valence-corrected chi connectivity index (χ0v) is 14.4. The van der Waals surface area contributed by atoms with Crippen LogP contribution < -0.4 is 5.32 Å². The first-order valence-corrected chi connectivity index (χ1v) is 9.14. The second-order valence-corrected chi connectivity index (χ2v) is 6.66. The van der Waals surface area contributed by atoms with Crippen LogP contribution in [0.2, 0.25) is 0 Å². The summed E-state index contributed by atoms with van der Waals surface area (Å²) in [4.78, 5) is 0. The molecule has 124 valence electrons. The van der Waals surface area contributed by atoms with Crippen molar-refractivity contribution >= 4 is 10.1 Å². The highest BCUT2D eigenvalue weighted by Gasteiger charge is 2.14. The third-order valence-electron chi connectivity index (χ3n) is 2.94. The topological polar surface area (TPSA) is 83.0 Å². The van der Waals surface area contributed by atoms with E-state index in [1.54, 1.807) is 21.1 Å². The molecule has 5 nitrogen and oxygen atoms in total. The van der Waals surface area contributed by atoms with Gasteiger partial charge in [-0.25, -0.2) is 8.42 Å². The summed E-state index contributed by atoms with van der Waals surface area (Å²) < 4.78 is 33.3. The van der Waals surface area contributed by atoms with Crippen LogP contribution in [0.5, 0.6) is 0 Å². The van der Waals surface area contributed by atoms with Crippen LogP contribution in [0, 0.1) is 5.92 Å². The van der Waals surface area contributed by atoms with Gasteiger partial charge in [0.2, 0.25) is 0 Å². The molecular weight excluding hydrogens is 278 g/mol. The van der Waals surface area contributed by atoms with E-state index in [9.17, 15) is 13.0 Å². The largest absolute Gasteiger partial charge is 0.748 e. The number of methoxy groups -OCH3 is 1. The number of hydrogen-bond acceptors (Lipinski definition) is 4. The number of nitrogens with two attached hydrogens (primary N) is 1. The van der Waals surface area contributed by atoms with E-state index in [1.165, 1.54) is 45.2 Å². The van der Waals surface area contributed by atoms with Gasteiger partial charge in [-0.15, -0.1) is 0 Å². The van der Waals surface area contributed by atoms with Crippen LogP contribution in [0.1, 0.15) is 52.4 Å². The first kappa shape index (κ1) is 22.1. The van der Waals surface area contributed by atoms with Crippen LogP contribution in [0.25, 0.3) is 0 Å². The lowest BCUT2D eigenvalue weighted by molar-refractivity contribution is -0.669. The Morgan fingerprint density at radius 1 is 1.25 bits per heavy atom. The average molecular weight is 311 g/mol. The summed E-state index contributed by atoms with van der Waals surface area (Å²) in [5.41, 5.74) is 0. The predicted octanol–water partition coefficient (Wildman–Crippen LogP) is 1.35. The molecule has 1 fully saturated rings. The Balaban J connectivity index is 0. The second-order valence-electron chi connectivity index (χ2n) is 5.13. The van der Waals surface area contributed by atoms with E-state index in [0.29, 0.717) is 6.42 Å². The maximum atomic E-state index is 9.68. The van der Waals surface area contributed by atoms with E-state index in [2.05, 4.69) is 17.0 Å². The lowest BCUT2D eigenvalue weighted by Crippen LogP contribution is -2.87. The van der Waals surface area contributed by atoms with Crippen LogP contribution in [0.4, 0.5) is 0 Å². The third-order valence-corrected chi connectivity index (χ3v) is 3.85.